The highest BCUT2D eigenvalue weighted by Crippen LogP contribution is 2.32. The number of hydrogen-bond acceptors (Lipinski definition) is 1. The second-order valence-corrected chi connectivity index (χ2v) is 3.61. The Labute approximate surface area is 84.9 Å². The van der Waals surface area contributed by atoms with Crippen molar-refractivity contribution in [2.24, 2.45) is 5.92 Å². The van der Waals surface area contributed by atoms with Crippen LogP contribution in [0.5, 0.6) is 0 Å². The number of carbonyl (C=O) groups excluding carboxylic acids is 1. The van der Waals surface area contributed by atoms with Gasteiger partial charge in [0.2, 0.25) is 0 Å². The lowest BCUT2D eigenvalue weighted by molar-refractivity contribution is 0.0191. The van der Waals surface area contributed by atoms with Crippen LogP contribution in [0.2, 0.25) is 0 Å². The van der Waals surface area contributed by atoms with Crippen molar-refractivity contribution in [1.29, 1.82) is 0 Å². The molecule has 1 aromatic rings. The third-order valence-electron chi connectivity index (χ3n) is 2.68. The van der Waals surface area contributed by atoms with Gasteiger partial charge in [-0.2, -0.15) is 0 Å². The largest absolute Gasteiger partial charge is 0.294 e. The second kappa shape index (κ2) is 3.68. The van der Waals surface area contributed by atoms with E-state index in [1.807, 2.05) is 0 Å². The third-order valence-corrected chi connectivity index (χ3v) is 2.68. The van der Waals surface area contributed by atoms with Gasteiger partial charge in [-0.05, 0) is 12.0 Å². The number of Topliss-reactive ketones (excluding diaryl/α,β-unsaturated/α-hetero) is 1. The Balaban J connectivity index is 2.27. The molecule has 0 fully saturated rings. The average molecular weight is 214 g/mol. The van der Waals surface area contributed by atoms with E-state index in [0.29, 0.717) is 11.1 Å². The molecule has 0 aliphatic heterocycles. The van der Waals surface area contributed by atoms with Crippen molar-refractivity contribution in [3.8, 4) is 0 Å². The highest BCUT2D eigenvalue weighted by Gasteiger charge is 2.40. The molecule has 1 aromatic carbocycles. The van der Waals surface area contributed by atoms with Gasteiger partial charge in [0.15, 0.2) is 12.0 Å². The highest BCUT2D eigenvalue weighted by atomic mass is 19.3. The molecular formula is C11H9F3O. The molecule has 0 amide bonds. The van der Waals surface area contributed by atoms with Gasteiger partial charge >= 0.3 is 0 Å². The summed E-state index contributed by atoms with van der Waals surface area (Å²) in [7, 11) is 0. The van der Waals surface area contributed by atoms with Crippen molar-refractivity contribution < 1.29 is 18.0 Å². The second-order valence-electron chi connectivity index (χ2n) is 3.61. The van der Waals surface area contributed by atoms with Crippen LogP contribution in [-0.4, -0.2) is 18.4 Å². The Kier molecular flexibility index (Phi) is 2.50. The van der Waals surface area contributed by atoms with E-state index in [0.717, 1.165) is 0 Å². The fourth-order valence-corrected chi connectivity index (χ4v) is 1.90. The SMILES string of the molecule is O=C1c2ccccc2CC1C(F)C(F)F. The van der Waals surface area contributed by atoms with Crippen LogP contribution in [0.1, 0.15) is 15.9 Å². The van der Waals surface area contributed by atoms with E-state index in [2.05, 4.69) is 0 Å². The van der Waals surface area contributed by atoms with Crippen LogP contribution >= 0.6 is 0 Å². The summed E-state index contributed by atoms with van der Waals surface area (Å²) in [5.74, 6) is -1.71. The first kappa shape index (κ1) is 10.2. The lowest BCUT2D eigenvalue weighted by Crippen LogP contribution is -2.28. The minimum atomic E-state index is -3.09. The minimum Gasteiger partial charge on any atom is -0.294 e. The Bertz CT molecular complexity index is 389. The summed E-state index contributed by atoms with van der Waals surface area (Å²) in [5.41, 5.74) is 1.04. The molecular weight excluding hydrogens is 205 g/mol. The predicted molar refractivity (Wildman–Crippen MR) is 48.9 cm³/mol. The summed E-state index contributed by atoms with van der Waals surface area (Å²) < 4.78 is 37.4. The zero-order valence-electron chi connectivity index (χ0n) is 7.79. The third kappa shape index (κ3) is 1.64. The Hall–Kier alpha value is -1.32. The average Bonchev–Trinajstić information content (AvgIpc) is 2.56. The Morgan fingerprint density at radius 3 is 2.47 bits per heavy atom. The summed E-state index contributed by atoms with van der Waals surface area (Å²) in [6.45, 7) is 0. The van der Waals surface area contributed by atoms with Crippen molar-refractivity contribution in [2.45, 2.75) is 19.0 Å². The summed E-state index contributed by atoms with van der Waals surface area (Å²) in [6, 6.07) is 6.58. The number of fused-ring (bicyclic) bond motifs is 1. The lowest BCUT2D eigenvalue weighted by Gasteiger charge is -2.12. The topological polar surface area (TPSA) is 17.1 Å². The lowest BCUT2D eigenvalue weighted by atomic mass is 9.99. The van der Waals surface area contributed by atoms with Crippen LogP contribution in [0.3, 0.4) is 0 Å². The summed E-state index contributed by atoms with van der Waals surface area (Å²) >= 11 is 0. The van der Waals surface area contributed by atoms with E-state index in [4.69, 9.17) is 0 Å². The maximum atomic E-state index is 13.1. The molecule has 0 radical (unpaired) electrons. The van der Waals surface area contributed by atoms with Crippen LogP contribution in [0.15, 0.2) is 24.3 Å². The van der Waals surface area contributed by atoms with Crippen LogP contribution < -0.4 is 0 Å². The Morgan fingerprint density at radius 2 is 1.87 bits per heavy atom. The molecule has 1 nitrogen and oxygen atoms in total. The van der Waals surface area contributed by atoms with E-state index in [1.54, 1.807) is 24.3 Å². The number of alkyl halides is 3. The van der Waals surface area contributed by atoms with Crippen LogP contribution in [0.25, 0.3) is 0 Å². The highest BCUT2D eigenvalue weighted by molar-refractivity contribution is 6.02. The van der Waals surface area contributed by atoms with Crippen LogP contribution in [0, 0.1) is 5.92 Å². The number of hydrogen-bond donors (Lipinski definition) is 0. The molecule has 2 unspecified atom stereocenters. The maximum Gasteiger partial charge on any atom is 0.270 e. The predicted octanol–water partition coefficient (Wildman–Crippen LogP) is 2.64. The minimum absolute atomic E-state index is 0.0838. The van der Waals surface area contributed by atoms with Crippen molar-refractivity contribution in [3.05, 3.63) is 35.4 Å². The molecule has 0 aromatic heterocycles. The number of halogens is 3. The molecule has 0 bridgehead atoms. The van der Waals surface area contributed by atoms with Crippen molar-refractivity contribution in [3.63, 3.8) is 0 Å². The summed E-state index contributed by atoms with van der Waals surface area (Å²) in [6.07, 6.45) is -5.36. The van der Waals surface area contributed by atoms with E-state index < -0.39 is 24.3 Å². The molecule has 2 rings (SSSR count). The molecule has 15 heavy (non-hydrogen) atoms. The molecule has 0 saturated heterocycles. The molecule has 0 heterocycles. The molecule has 0 saturated carbocycles. The van der Waals surface area contributed by atoms with Gasteiger partial charge in [0, 0.05) is 5.56 Å². The van der Waals surface area contributed by atoms with E-state index in [9.17, 15) is 18.0 Å². The quantitative estimate of drug-likeness (QED) is 0.739. The zero-order valence-corrected chi connectivity index (χ0v) is 7.79. The van der Waals surface area contributed by atoms with Gasteiger partial charge < -0.3 is 0 Å². The standard InChI is InChI=1S/C11H9F3O/c12-9(11(13)14)8-5-6-3-1-2-4-7(6)10(8)15/h1-4,8-9,11H,5H2. The van der Waals surface area contributed by atoms with Gasteiger partial charge in [-0.25, -0.2) is 13.2 Å². The van der Waals surface area contributed by atoms with Crippen molar-refractivity contribution >= 4 is 5.78 Å². The smallest absolute Gasteiger partial charge is 0.270 e. The molecule has 80 valence electrons. The van der Waals surface area contributed by atoms with Gasteiger partial charge in [0.25, 0.3) is 6.43 Å². The monoisotopic (exact) mass is 214 g/mol. The molecule has 0 N–H and O–H groups in total. The number of rotatable bonds is 2. The number of carbonyl (C=O) groups is 1. The van der Waals surface area contributed by atoms with E-state index in [1.165, 1.54) is 0 Å². The Morgan fingerprint density at radius 1 is 1.20 bits per heavy atom. The van der Waals surface area contributed by atoms with Crippen molar-refractivity contribution in [2.75, 3.05) is 0 Å². The molecule has 2 atom stereocenters. The fraction of sp³-hybridized carbons (Fsp3) is 0.364. The molecule has 4 heteroatoms. The summed E-state index contributed by atoms with van der Waals surface area (Å²) in [4.78, 5) is 11.6. The molecule has 1 aliphatic rings. The first-order valence-electron chi connectivity index (χ1n) is 4.65. The van der Waals surface area contributed by atoms with Crippen LogP contribution in [-0.2, 0) is 6.42 Å². The van der Waals surface area contributed by atoms with Gasteiger partial charge in [0.1, 0.15) is 0 Å². The van der Waals surface area contributed by atoms with Crippen LogP contribution in [0.4, 0.5) is 13.2 Å². The van der Waals surface area contributed by atoms with Gasteiger partial charge in [0.05, 0.1) is 5.92 Å². The number of ketones is 1. The van der Waals surface area contributed by atoms with Gasteiger partial charge in [-0.3, -0.25) is 4.79 Å². The van der Waals surface area contributed by atoms with E-state index in [-0.39, 0.29) is 6.42 Å². The van der Waals surface area contributed by atoms with Crippen molar-refractivity contribution in [1.82, 2.24) is 0 Å². The zero-order chi connectivity index (χ0) is 11.0. The van der Waals surface area contributed by atoms with E-state index >= 15 is 0 Å². The van der Waals surface area contributed by atoms with Gasteiger partial charge in [-0.1, -0.05) is 24.3 Å². The molecule has 1 aliphatic carbocycles. The van der Waals surface area contributed by atoms with Gasteiger partial charge in [-0.15, -0.1) is 0 Å². The fourth-order valence-electron chi connectivity index (χ4n) is 1.90. The molecule has 0 spiro atoms. The maximum absolute atomic E-state index is 13.1. The first-order valence-corrected chi connectivity index (χ1v) is 4.65. The normalized spacial score (nSPS) is 21.9. The summed E-state index contributed by atoms with van der Waals surface area (Å²) in [5, 5.41) is 0. The first-order chi connectivity index (χ1) is 7.11. The number of benzene rings is 1.